The summed E-state index contributed by atoms with van der Waals surface area (Å²) in [5.74, 6) is -0.1000. The third-order valence-electron chi connectivity index (χ3n) is 5.38. The Morgan fingerprint density at radius 3 is 2.33 bits per heavy atom. The van der Waals surface area contributed by atoms with Crippen LogP contribution in [0.25, 0.3) is 0 Å². The second kappa shape index (κ2) is 9.63. The first-order valence-corrected chi connectivity index (χ1v) is 10.1. The van der Waals surface area contributed by atoms with E-state index in [2.05, 4.69) is 29.0 Å². The van der Waals surface area contributed by atoms with Crippen molar-refractivity contribution in [1.29, 1.82) is 0 Å². The zero-order valence-electron chi connectivity index (χ0n) is 18.0. The van der Waals surface area contributed by atoms with Crippen molar-refractivity contribution in [3.8, 4) is 5.75 Å². The van der Waals surface area contributed by atoms with E-state index >= 15 is 0 Å². The number of ether oxygens (including phenoxy) is 2. The topological polar surface area (TPSA) is 71.1 Å². The molecular weight excluding hydrogens is 382 g/mol. The Labute approximate surface area is 177 Å². The molecular formula is C23H29N3O4. The van der Waals surface area contributed by atoms with Crippen molar-refractivity contribution in [3.63, 3.8) is 0 Å². The van der Waals surface area contributed by atoms with E-state index in [0.717, 1.165) is 31.9 Å². The van der Waals surface area contributed by atoms with Crippen LogP contribution in [0.4, 0.5) is 11.4 Å². The van der Waals surface area contributed by atoms with E-state index < -0.39 is 5.97 Å². The number of rotatable bonds is 6. The smallest absolute Gasteiger partial charge is 0.337 e. The number of nitrogens with zero attached hydrogens (tertiary/aromatic N) is 2. The van der Waals surface area contributed by atoms with Gasteiger partial charge in [0, 0.05) is 37.8 Å². The van der Waals surface area contributed by atoms with Gasteiger partial charge in [-0.05, 0) is 50.2 Å². The number of hydrogen-bond donors (Lipinski definition) is 1. The normalized spacial score (nSPS) is 14.5. The van der Waals surface area contributed by atoms with Gasteiger partial charge in [0.2, 0.25) is 0 Å². The molecule has 0 saturated carbocycles. The van der Waals surface area contributed by atoms with E-state index in [0.29, 0.717) is 28.6 Å². The van der Waals surface area contributed by atoms with Gasteiger partial charge in [0.15, 0.2) is 0 Å². The van der Waals surface area contributed by atoms with Crippen molar-refractivity contribution >= 4 is 23.3 Å². The number of methoxy groups -OCH3 is 2. The van der Waals surface area contributed by atoms with Crippen LogP contribution in [-0.4, -0.2) is 63.2 Å². The van der Waals surface area contributed by atoms with Crippen molar-refractivity contribution in [2.45, 2.75) is 19.9 Å². The molecule has 0 aliphatic carbocycles. The van der Waals surface area contributed by atoms with Gasteiger partial charge in [-0.3, -0.25) is 9.69 Å². The summed E-state index contributed by atoms with van der Waals surface area (Å²) in [6.45, 7) is 7.97. The van der Waals surface area contributed by atoms with Crippen LogP contribution in [0.15, 0.2) is 42.5 Å². The van der Waals surface area contributed by atoms with Gasteiger partial charge < -0.3 is 19.7 Å². The lowest BCUT2D eigenvalue weighted by atomic mass is 10.1. The zero-order chi connectivity index (χ0) is 21.7. The Bertz CT molecular complexity index is 905. The maximum Gasteiger partial charge on any atom is 0.337 e. The fourth-order valence-corrected chi connectivity index (χ4v) is 3.59. The van der Waals surface area contributed by atoms with Crippen molar-refractivity contribution < 1.29 is 19.1 Å². The third-order valence-corrected chi connectivity index (χ3v) is 5.38. The number of anilines is 2. The van der Waals surface area contributed by atoms with Crippen LogP contribution in [-0.2, 0) is 4.74 Å². The van der Waals surface area contributed by atoms with E-state index in [1.165, 1.54) is 7.11 Å². The average Bonchev–Trinajstić information content (AvgIpc) is 2.78. The highest BCUT2D eigenvalue weighted by Crippen LogP contribution is 2.29. The predicted octanol–water partition coefficient (Wildman–Crippen LogP) is 3.26. The summed E-state index contributed by atoms with van der Waals surface area (Å²) in [6, 6.07) is 12.7. The SMILES string of the molecule is COC(=O)c1ccc(N2CCN(C(C)C)CC2)c(NC(=O)c2cccc(OC)c2)c1. The zero-order valence-corrected chi connectivity index (χ0v) is 18.0. The lowest BCUT2D eigenvalue weighted by Crippen LogP contribution is -2.49. The second-order valence-corrected chi connectivity index (χ2v) is 7.53. The summed E-state index contributed by atoms with van der Waals surface area (Å²) in [6.07, 6.45) is 0. The van der Waals surface area contributed by atoms with Crippen molar-refractivity contribution in [1.82, 2.24) is 4.90 Å². The highest BCUT2D eigenvalue weighted by atomic mass is 16.5. The molecule has 0 spiro atoms. The molecule has 1 N–H and O–H groups in total. The minimum atomic E-state index is -0.442. The van der Waals surface area contributed by atoms with Gasteiger partial charge in [-0.15, -0.1) is 0 Å². The molecule has 160 valence electrons. The molecule has 1 saturated heterocycles. The van der Waals surface area contributed by atoms with Crippen LogP contribution in [0.1, 0.15) is 34.6 Å². The predicted molar refractivity (Wildman–Crippen MR) is 118 cm³/mol. The first kappa shape index (κ1) is 21.6. The van der Waals surface area contributed by atoms with E-state index in [-0.39, 0.29) is 5.91 Å². The summed E-state index contributed by atoms with van der Waals surface area (Å²) in [7, 11) is 2.90. The monoisotopic (exact) mass is 411 g/mol. The van der Waals surface area contributed by atoms with Gasteiger partial charge in [0.1, 0.15) is 5.75 Å². The van der Waals surface area contributed by atoms with Gasteiger partial charge in [0.25, 0.3) is 5.91 Å². The molecule has 1 amide bonds. The molecule has 1 aliphatic heterocycles. The maximum absolute atomic E-state index is 12.9. The number of esters is 1. The van der Waals surface area contributed by atoms with Crippen LogP contribution >= 0.6 is 0 Å². The highest BCUT2D eigenvalue weighted by molar-refractivity contribution is 6.07. The molecule has 0 unspecified atom stereocenters. The van der Waals surface area contributed by atoms with Gasteiger partial charge in [0.05, 0.1) is 31.2 Å². The molecule has 1 aliphatic rings. The van der Waals surface area contributed by atoms with Gasteiger partial charge >= 0.3 is 5.97 Å². The lowest BCUT2D eigenvalue weighted by Gasteiger charge is -2.38. The summed E-state index contributed by atoms with van der Waals surface area (Å²) >= 11 is 0. The number of carbonyl (C=O) groups is 2. The van der Waals surface area contributed by atoms with Crippen molar-refractivity contribution in [2.75, 3.05) is 50.6 Å². The summed E-state index contributed by atoms with van der Waals surface area (Å²) in [5.41, 5.74) is 2.35. The van der Waals surface area contributed by atoms with E-state index in [1.807, 2.05) is 6.07 Å². The van der Waals surface area contributed by atoms with E-state index in [9.17, 15) is 9.59 Å². The Morgan fingerprint density at radius 1 is 0.967 bits per heavy atom. The largest absolute Gasteiger partial charge is 0.497 e. The number of hydrogen-bond acceptors (Lipinski definition) is 6. The number of piperazine rings is 1. The summed E-state index contributed by atoms with van der Waals surface area (Å²) in [4.78, 5) is 29.6. The number of benzene rings is 2. The molecule has 0 radical (unpaired) electrons. The van der Waals surface area contributed by atoms with Gasteiger partial charge in [-0.25, -0.2) is 4.79 Å². The third kappa shape index (κ3) is 4.91. The number of carbonyl (C=O) groups excluding carboxylic acids is 2. The molecule has 2 aromatic rings. The van der Waals surface area contributed by atoms with Crippen LogP contribution in [0.3, 0.4) is 0 Å². The van der Waals surface area contributed by atoms with Crippen LogP contribution in [0.5, 0.6) is 5.75 Å². The number of nitrogens with one attached hydrogen (secondary N) is 1. The van der Waals surface area contributed by atoms with Crippen LogP contribution in [0.2, 0.25) is 0 Å². The standard InChI is InChI=1S/C23H29N3O4/c1-16(2)25-10-12-26(13-11-25)21-9-8-18(23(28)30-4)15-20(21)24-22(27)17-6-5-7-19(14-17)29-3/h5-9,14-16H,10-13H2,1-4H3,(H,24,27). The molecule has 30 heavy (non-hydrogen) atoms. The Morgan fingerprint density at radius 2 is 1.70 bits per heavy atom. The fourth-order valence-electron chi connectivity index (χ4n) is 3.59. The molecule has 3 rings (SSSR count). The molecule has 7 nitrogen and oxygen atoms in total. The second-order valence-electron chi connectivity index (χ2n) is 7.53. The minimum absolute atomic E-state index is 0.266. The first-order chi connectivity index (χ1) is 14.4. The van der Waals surface area contributed by atoms with Crippen molar-refractivity contribution in [2.24, 2.45) is 0 Å². The van der Waals surface area contributed by atoms with E-state index in [4.69, 9.17) is 9.47 Å². The van der Waals surface area contributed by atoms with Crippen LogP contribution in [0, 0.1) is 0 Å². The van der Waals surface area contributed by atoms with Gasteiger partial charge in [-0.2, -0.15) is 0 Å². The fraction of sp³-hybridized carbons (Fsp3) is 0.391. The molecule has 2 aromatic carbocycles. The molecule has 1 fully saturated rings. The number of amides is 1. The van der Waals surface area contributed by atoms with Crippen LogP contribution < -0.4 is 15.0 Å². The highest BCUT2D eigenvalue weighted by Gasteiger charge is 2.22. The molecule has 7 heteroatoms. The van der Waals surface area contributed by atoms with E-state index in [1.54, 1.807) is 43.5 Å². The Kier molecular flexibility index (Phi) is 6.95. The molecule has 1 heterocycles. The molecule has 0 atom stereocenters. The molecule has 0 bridgehead atoms. The summed E-state index contributed by atoms with van der Waals surface area (Å²) < 4.78 is 10.1. The minimum Gasteiger partial charge on any atom is -0.497 e. The van der Waals surface area contributed by atoms with Crippen molar-refractivity contribution in [3.05, 3.63) is 53.6 Å². The lowest BCUT2D eigenvalue weighted by molar-refractivity contribution is 0.0600. The first-order valence-electron chi connectivity index (χ1n) is 10.1. The Balaban J connectivity index is 1.88. The quantitative estimate of drug-likeness (QED) is 0.736. The maximum atomic E-state index is 12.9. The van der Waals surface area contributed by atoms with Gasteiger partial charge in [-0.1, -0.05) is 6.07 Å². The Hall–Kier alpha value is -3.06. The molecule has 0 aromatic heterocycles. The average molecular weight is 412 g/mol. The summed E-state index contributed by atoms with van der Waals surface area (Å²) in [5, 5.41) is 2.97.